The van der Waals surface area contributed by atoms with Crippen molar-refractivity contribution in [2.75, 3.05) is 5.32 Å². The Bertz CT molecular complexity index is 1440. The number of halogens is 2. The Balaban J connectivity index is 1.54. The molecule has 1 amide bonds. The molecule has 2 aromatic heterocycles. The second-order valence-electron chi connectivity index (χ2n) is 6.89. The predicted molar refractivity (Wildman–Crippen MR) is 122 cm³/mol. The van der Waals surface area contributed by atoms with Gasteiger partial charge in [-0.25, -0.2) is 8.78 Å². The van der Waals surface area contributed by atoms with Crippen LogP contribution < -0.4 is 21.3 Å². The van der Waals surface area contributed by atoms with Crippen LogP contribution in [-0.2, 0) is 0 Å². The third-order valence-electron chi connectivity index (χ3n) is 4.63. The van der Waals surface area contributed by atoms with E-state index < -0.39 is 23.1 Å². The maximum absolute atomic E-state index is 14.7. The third kappa shape index (κ3) is 4.80. The van der Waals surface area contributed by atoms with Gasteiger partial charge in [0.1, 0.15) is 17.1 Å². The lowest BCUT2D eigenvalue weighted by atomic mass is 10.2. The van der Waals surface area contributed by atoms with E-state index in [1.165, 1.54) is 60.9 Å². The normalized spacial score (nSPS) is 10.9. The van der Waals surface area contributed by atoms with Crippen LogP contribution in [0.25, 0.3) is 11.8 Å². The van der Waals surface area contributed by atoms with Crippen molar-refractivity contribution in [2.24, 2.45) is 5.73 Å². The number of amides is 1. The molecule has 0 radical (unpaired) electrons. The molecule has 0 aliphatic heterocycles. The molecular weight excluding hydrogens is 444 g/mol. The van der Waals surface area contributed by atoms with Gasteiger partial charge in [0.05, 0.1) is 5.69 Å². The fraction of sp³-hybridized carbons (Fsp3) is 0. The summed E-state index contributed by atoms with van der Waals surface area (Å²) < 4.78 is 34.4. The Morgan fingerprint density at radius 2 is 1.82 bits per heavy atom. The van der Waals surface area contributed by atoms with E-state index in [1.54, 1.807) is 18.3 Å². The number of anilines is 1. The van der Waals surface area contributed by atoms with Crippen LogP contribution in [0.2, 0.25) is 0 Å². The number of carbonyl (C=O) groups excluding carboxylic acids is 1. The van der Waals surface area contributed by atoms with Gasteiger partial charge in [0.25, 0.3) is 11.5 Å². The lowest BCUT2D eigenvalue weighted by molar-refractivity contribution is 0.102. The van der Waals surface area contributed by atoms with Gasteiger partial charge >= 0.3 is 0 Å². The summed E-state index contributed by atoms with van der Waals surface area (Å²) >= 11 is 0. The second-order valence-corrected chi connectivity index (χ2v) is 6.89. The highest BCUT2D eigenvalue weighted by molar-refractivity contribution is 6.04. The number of nitrogens with one attached hydrogen (secondary N) is 1. The van der Waals surface area contributed by atoms with Crippen LogP contribution in [0.5, 0.6) is 11.5 Å². The number of nitrogens with two attached hydrogens (primary N) is 1. The molecule has 4 rings (SSSR count). The highest BCUT2D eigenvalue weighted by Gasteiger charge is 2.16. The van der Waals surface area contributed by atoms with Crippen LogP contribution in [0.4, 0.5) is 14.5 Å². The highest BCUT2D eigenvalue weighted by Crippen LogP contribution is 2.28. The summed E-state index contributed by atoms with van der Waals surface area (Å²) in [6, 6.07) is 13.3. The molecule has 0 bridgehead atoms. The molecule has 0 aliphatic rings. The first-order chi connectivity index (χ1) is 16.5. The third-order valence-corrected chi connectivity index (χ3v) is 4.63. The zero-order chi connectivity index (χ0) is 24.1. The highest BCUT2D eigenvalue weighted by atomic mass is 19.1. The van der Waals surface area contributed by atoms with Crippen molar-refractivity contribution in [1.29, 1.82) is 0 Å². The van der Waals surface area contributed by atoms with Gasteiger partial charge in [0.15, 0.2) is 17.3 Å². The largest absolute Gasteiger partial charge is 0.452 e. The Kier molecular flexibility index (Phi) is 6.40. The van der Waals surface area contributed by atoms with Crippen LogP contribution in [-0.4, -0.2) is 20.7 Å². The summed E-state index contributed by atoms with van der Waals surface area (Å²) in [5.41, 5.74) is 5.25. The number of hydrogen-bond donors (Lipinski definition) is 2. The summed E-state index contributed by atoms with van der Waals surface area (Å²) in [6.45, 7) is 0. The van der Waals surface area contributed by atoms with Crippen molar-refractivity contribution < 1.29 is 18.3 Å². The monoisotopic (exact) mass is 461 g/mol. The second kappa shape index (κ2) is 9.74. The number of ether oxygens (including phenoxy) is 1. The summed E-state index contributed by atoms with van der Waals surface area (Å²) in [5, 5.41) is 6.40. The van der Waals surface area contributed by atoms with Crippen molar-refractivity contribution in [3.63, 3.8) is 0 Å². The lowest BCUT2D eigenvalue weighted by Crippen LogP contribution is -2.29. The van der Waals surface area contributed by atoms with E-state index in [0.29, 0.717) is 5.69 Å². The van der Waals surface area contributed by atoms with Crippen molar-refractivity contribution in [1.82, 2.24) is 14.8 Å². The molecule has 0 atom stereocenters. The molecule has 2 aromatic carbocycles. The van der Waals surface area contributed by atoms with E-state index >= 15 is 0 Å². The average molecular weight is 461 g/mol. The van der Waals surface area contributed by atoms with Gasteiger partial charge < -0.3 is 15.8 Å². The van der Waals surface area contributed by atoms with E-state index in [0.717, 1.165) is 10.7 Å². The first-order valence-electron chi connectivity index (χ1n) is 9.92. The Morgan fingerprint density at radius 3 is 2.56 bits per heavy atom. The fourth-order valence-electron chi connectivity index (χ4n) is 3.04. The van der Waals surface area contributed by atoms with E-state index in [1.807, 2.05) is 0 Å². The van der Waals surface area contributed by atoms with Crippen LogP contribution in [0.1, 0.15) is 16.1 Å². The topological polar surface area (TPSA) is 112 Å². The van der Waals surface area contributed by atoms with Crippen molar-refractivity contribution in [2.45, 2.75) is 0 Å². The molecule has 3 N–H and O–H groups in total. The zero-order valence-electron chi connectivity index (χ0n) is 17.5. The van der Waals surface area contributed by atoms with Crippen molar-refractivity contribution >= 4 is 17.7 Å². The first kappa shape index (κ1) is 22.3. The molecule has 0 saturated heterocycles. The minimum atomic E-state index is -0.765. The SMILES string of the molecule is NC=Cc1ncccc1Oc1ccc(NC(=O)c2ccnn(-c3ccc(F)cc3)c2=O)cc1F. The van der Waals surface area contributed by atoms with E-state index in [4.69, 9.17) is 10.5 Å². The van der Waals surface area contributed by atoms with Crippen molar-refractivity contribution in [3.05, 3.63) is 113 Å². The Labute approximate surface area is 192 Å². The molecule has 2 heterocycles. The summed E-state index contributed by atoms with van der Waals surface area (Å²) in [4.78, 5) is 29.5. The molecule has 4 aromatic rings. The van der Waals surface area contributed by atoms with Crippen LogP contribution in [0, 0.1) is 11.6 Å². The molecule has 0 saturated carbocycles. The molecule has 0 fully saturated rings. The summed E-state index contributed by atoms with van der Waals surface area (Å²) in [7, 11) is 0. The molecule has 34 heavy (non-hydrogen) atoms. The van der Waals surface area contributed by atoms with Crippen LogP contribution >= 0.6 is 0 Å². The van der Waals surface area contributed by atoms with Gasteiger partial charge in [0, 0.05) is 24.1 Å². The summed E-state index contributed by atoms with van der Waals surface area (Å²) in [6.07, 6.45) is 5.60. The number of rotatable bonds is 6. The van der Waals surface area contributed by atoms with Crippen LogP contribution in [0.3, 0.4) is 0 Å². The quantitative estimate of drug-likeness (QED) is 0.451. The lowest BCUT2D eigenvalue weighted by Gasteiger charge is -2.11. The molecule has 0 unspecified atom stereocenters. The van der Waals surface area contributed by atoms with Gasteiger partial charge in [-0.2, -0.15) is 9.78 Å². The fourth-order valence-corrected chi connectivity index (χ4v) is 3.04. The molecule has 0 spiro atoms. The number of carbonyl (C=O) groups is 1. The minimum Gasteiger partial charge on any atom is -0.452 e. The van der Waals surface area contributed by atoms with E-state index in [9.17, 15) is 18.4 Å². The molecule has 10 heteroatoms. The Hall–Kier alpha value is -4.86. The standard InChI is InChI=1S/C24H17F2N5O3/c25-15-3-6-17(7-4-15)31-24(33)18(10-13-29-31)23(32)30-16-5-8-21(19(26)14-16)34-22-2-1-12-28-20(22)9-11-27/h1-14H,27H2,(H,30,32). The Morgan fingerprint density at radius 1 is 1.03 bits per heavy atom. The molecule has 170 valence electrons. The number of nitrogens with zero attached hydrogens (tertiary/aromatic N) is 3. The van der Waals surface area contributed by atoms with Crippen molar-refractivity contribution in [3.8, 4) is 17.2 Å². The van der Waals surface area contributed by atoms with Gasteiger partial charge in [-0.15, -0.1) is 0 Å². The van der Waals surface area contributed by atoms with Crippen LogP contribution in [0.15, 0.2) is 84.1 Å². The first-order valence-corrected chi connectivity index (χ1v) is 9.92. The smallest absolute Gasteiger partial charge is 0.284 e. The minimum absolute atomic E-state index is 0.0970. The van der Waals surface area contributed by atoms with Gasteiger partial charge in [-0.1, -0.05) is 0 Å². The maximum atomic E-state index is 14.7. The van der Waals surface area contributed by atoms with Gasteiger partial charge in [-0.3, -0.25) is 14.6 Å². The number of benzene rings is 2. The zero-order valence-corrected chi connectivity index (χ0v) is 17.5. The van der Waals surface area contributed by atoms with E-state index in [-0.39, 0.29) is 28.4 Å². The molecular formula is C24H17F2N5O3. The molecule has 0 aliphatic carbocycles. The number of aromatic nitrogens is 3. The average Bonchev–Trinajstić information content (AvgIpc) is 2.83. The predicted octanol–water partition coefficient (Wildman–Crippen LogP) is 3.88. The summed E-state index contributed by atoms with van der Waals surface area (Å²) in [5.74, 6) is -1.80. The maximum Gasteiger partial charge on any atom is 0.284 e. The van der Waals surface area contributed by atoms with E-state index in [2.05, 4.69) is 15.4 Å². The van der Waals surface area contributed by atoms with Gasteiger partial charge in [-0.05, 0) is 66.9 Å². The van der Waals surface area contributed by atoms with Gasteiger partial charge in [0.2, 0.25) is 0 Å². The molecule has 8 nitrogen and oxygen atoms in total. The number of hydrogen-bond acceptors (Lipinski definition) is 6. The number of pyridine rings is 1.